The lowest BCUT2D eigenvalue weighted by Crippen LogP contribution is -2.26. The Bertz CT molecular complexity index is 453. The minimum Gasteiger partial charge on any atom is -0.482 e. The van der Waals surface area contributed by atoms with Crippen molar-refractivity contribution in [2.24, 2.45) is 0 Å². The molecule has 0 spiro atoms. The fraction of sp³-hybridized carbons (Fsp3) is 0.500. The van der Waals surface area contributed by atoms with E-state index in [9.17, 15) is 4.79 Å². The molecule has 0 bridgehead atoms. The number of hydrogen-bond donors (Lipinski definition) is 2. The van der Waals surface area contributed by atoms with Crippen LogP contribution < -0.4 is 15.4 Å². The number of anilines is 2. The van der Waals surface area contributed by atoms with E-state index in [2.05, 4.69) is 10.6 Å². The number of carbonyl (C=O) groups is 1. The molecule has 1 aliphatic carbocycles. The summed E-state index contributed by atoms with van der Waals surface area (Å²) in [5, 5.41) is 6.37. The number of ether oxygens (including phenoxy) is 1. The van der Waals surface area contributed by atoms with Gasteiger partial charge in [-0.05, 0) is 31.0 Å². The number of hydrogen-bond acceptors (Lipinski definition) is 3. The van der Waals surface area contributed by atoms with E-state index in [1.807, 2.05) is 18.2 Å². The van der Waals surface area contributed by atoms with Crippen LogP contribution in [0.25, 0.3) is 0 Å². The lowest BCUT2D eigenvalue weighted by Gasteiger charge is -2.25. The van der Waals surface area contributed by atoms with Crippen LogP contribution in [-0.2, 0) is 4.79 Å². The van der Waals surface area contributed by atoms with Crippen molar-refractivity contribution < 1.29 is 9.53 Å². The molecule has 1 aromatic carbocycles. The van der Waals surface area contributed by atoms with Crippen molar-refractivity contribution in [3.8, 4) is 5.75 Å². The highest BCUT2D eigenvalue weighted by molar-refractivity contribution is 5.96. The largest absolute Gasteiger partial charge is 0.482 e. The van der Waals surface area contributed by atoms with Gasteiger partial charge in [-0.15, -0.1) is 0 Å². The fourth-order valence-electron chi connectivity index (χ4n) is 2.66. The highest BCUT2D eigenvalue weighted by atomic mass is 16.5. The Labute approximate surface area is 107 Å². The minimum atomic E-state index is -0.0858. The summed E-state index contributed by atoms with van der Waals surface area (Å²) in [4.78, 5) is 11.3. The van der Waals surface area contributed by atoms with Crippen LogP contribution in [0.1, 0.15) is 32.1 Å². The first-order chi connectivity index (χ1) is 8.81. The van der Waals surface area contributed by atoms with Crippen LogP contribution in [0.4, 0.5) is 11.4 Å². The molecule has 4 nitrogen and oxygen atoms in total. The van der Waals surface area contributed by atoms with Gasteiger partial charge in [0.2, 0.25) is 0 Å². The Morgan fingerprint density at radius 3 is 2.89 bits per heavy atom. The van der Waals surface area contributed by atoms with E-state index in [-0.39, 0.29) is 12.5 Å². The number of carbonyl (C=O) groups excluding carboxylic acids is 1. The summed E-state index contributed by atoms with van der Waals surface area (Å²) in [6.07, 6.45) is 6.44. The first kappa shape index (κ1) is 11.4. The zero-order valence-corrected chi connectivity index (χ0v) is 10.4. The summed E-state index contributed by atoms with van der Waals surface area (Å²) in [6.45, 7) is 0.113. The van der Waals surface area contributed by atoms with Crippen LogP contribution in [0.15, 0.2) is 18.2 Å². The van der Waals surface area contributed by atoms with Gasteiger partial charge < -0.3 is 15.4 Å². The van der Waals surface area contributed by atoms with Crippen molar-refractivity contribution in [2.45, 2.75) is 38.1 Å². The Balaban J connectivity index is 1.73. The molecule has 0 radical (unpaired) electrons. The maximum absolute atomic E-state index is 11.3. The van der Waals surface area contributed by atoms with Crippen molar-refractivity contribution in [3.05, 3.63) is 18.2 Å². The van der Waals surface area contributed by atoms with Gasteiger partial charge in [-0.1, -0.05) is 19.3 Å². The molecule has 4 heteroatoms. The third kappa shape index (κ3) is 2.42. The number of fused-ring (bicyclic) bond motifs is 1. The highest BCUT2D eigenvalue weighted by Gasteiger charge is 2.17. The second-order valence-electron chi connectivity index (χ2n) is 5.03. The van der Waals surface area contributed by atoms with Gasteiger partial charge in [0, 0.05) is 11.7 Å². The van der Waals surface area contributed by atoms with E-state index < -0.39 is 0 Å². The van der Waals surface area contributed by atoms with E-state index in [1.54, 1.807) is 0 Å². The molecule has 0 atom stereocenters. The SMILES string of the molecule is O=C1COc2ccc(NC3CCCCC3)cc2N1. The van der Waals surface area contributed by atoms with Crippen molar-refractivity contribution in [3.63, 3.8) is 0 Å². The summed E-state index contributed by atoms with van der Waals surface area (Å²) in [5.41, 5.74) is 1.83. The van der Waals surface area contributed by atoms with Crippen molar-refractivity contribution in [1.29, 1.82) is 0 Å². The molecule has 1 aromatic rings. The number of rotatable bonds is 2. The maximum atomic E-state index is 11.3. The van der Waals surface area contributed by atoms with Gasteiger partial charge in [-0.25, -0.2) is 0 Å². The minimum absolute atomic E-state index is 0.0858. The average molecular weight is 246 g/mol. The molecule has 2 N–H and O–H groups in total. The molecule has 1 fully saturated rings. The molecule has 2 aliphatic rings. The number of benzene rings is 1. The first-order valence-corrected chi connectivity index (χ1v) is 6.64. The van der Waals surface area contributed by atoms with Gasteiger partial charge in [0.05, 0.1) is 5.69 Å². The van der Waals surface area contributed by atoms with Crippen molar-refractivity contribution in [1.82, 2.24) is 0 Å². The van der Waals surface area contributed by atoms with Gasteiger partial charge in [-0.2, -0.15) is 0 Å². The average Bonchev–Trinajstić information content (AvgIpc) is 2.39. The molecule has 0 aromatic heterocycles. The summed E-state index contributed by atoms with van der Waals surface area (Å²) in [6, 6.07) is 6.46. The van der Waals surface area contributed by atoms with Gasteiger partial charge in [-0.3, -0.25) is 4.79 Å². The Kier molecular flexibility index (Phi) is 3.09. The molecular weight excluding hydrogens is 228 g/mol. The second-order valence-corrected chi connectivity index (χ2v) is 5.03. The van der Waals surface area contributed by atoms with Crippen LogP contribution in [0.3, 0.4) is 0 Å². The standard InChI is InChI=1S/C14H18N2O2/c17-14-9-18-13-7-6-11(8-12(13)16-14)15-10-4-2-1-3-5-10/h6-8,10,15H,1-5,9H2,(H,16,17). The monoisotopic (exact) mass is 246 g/mol. The topological polar surface area (TPSA) is 50.4 Å². The Morgan fingerprint density at radius 2 is 2.06 bits per heavy atom. The van der Waals surface area contributed by atoms with Gasteiger partial charge in [0.1, 0.15) is 5.75 Å². The van der Waals surface area contributed by atoms with E-state index in [1.165, 1.54) is 32.1 Å². The third-order valence-corrected chi connectivity index (χ3v) is 3.59. The van der Waals surface area contributed by atoms with Gasteiger partial charge >= 0.3 is 0 Å². The lowest BCUT2D eigenvalue weighted by molar-refractivity contribution is -0.118. The molecule has 0 saturated heterocycles. The summed E-state index contributed by atoms with van der Waals surface area (Å²) < 4.78 is 5.34. The molecule has 1 heterocycles. The van der Waals surface area contributed by atoms with Crippen molar-refractivity contribution >= 4 is 17.3 Å². The summed E-state index contributed by atoms with van der Waals surface area (Å²) in [7, 11) is 0. The predicted molar refractivity (Wildman–Crippen MR) is 71.1 cm³/mol. The molecule has 3 rings (SSSR count). The van der Waals surface area contributed by atoms with Crippen LogP contribution in [0.2, 0.25) is 0 Å². The quantitative estimate of drug-likeness (QED) is 0.843. The summed E-state index contributed by atoms with van der Waals surface area (Å²) in [5.74, 6) is 0.668. The number of nitrogens with one attached hydrogen (secondary N) is 2. The zero-order valence-electron chi connectivity index (χ0n) is 10.4. The van der Waals surface area contributed by atoms with Crippen LogP contribution >= 0.6 is 0 Å². The molecule has 96 valence electrons. The maximum Gasteiger partial charge on any atom is 0.262 e. The molecule has 1 saturated carbocycles. The Morgan fingerprint density at radius 1 is 1.22 bits per heavy atom. The normalized spacial score (nSPS) is 19.7. The van der Waals surface area contributed by atoms with E-state index in [4.69, 9.17) is 4.74 Å². The van der Waals surface area contributed by atoms with E-state index in [0.29, 0.717) is 6.04 Å². The first-order valence-electron chi connectivity index (χ1n) is 6.64. The third-order valence-electron chi connectivity index (χ3n) is 3.59. The fourth-order valence-corrected chi connectivity index (χ4v) is 2.66. The van der Waals surface area contributed by atoms with Crippen LogP contribution in [0.5, 0.6) is 5.75 Å². The van der Waals surface area contributed by atoms with Crippen molar-refractivity contribution in [2.75, 3.05) is 17.2 Å². The second kappa shape index (κ2) is 4.88. The Hall–Kier alpha value is -1.71. The van der Waals surface area contributed by atoms with Gasteiger partial charge in [0.15, 0.2) is 6.61 Å². The highest BCUT2D eigenvalue weighted by Crippen LogP contribution is 2.31. The predicted octanol–water partition coefficient (Wildman–Crippen LogP) is 2.76. The lowest BCUT2D eigenvalue weighted by atomic mass is 9.95. The molecule has 0 unspecified atom stereocenters. The smallest absolute Gasteiger partial charge is 0.262 e. The molecule has 1 amide bonds. The molecule has 18 heavy (non-hydrogen) atoms. The molecule has 1 aliphatic heterocycles. The van der Waals surface area contributed by atoms with Gasteiger partial charge in [0.25, 0.3) is 5.91 Å². The van der Waals surface area contributed by atoms with Crippen LogP contribution in [-0.4, -0.2) is 18.6 Å². The molecular formula is C14H18N2O2. The van der Waals surface area contributed by atoms with E-state index in [0.717, 1.165) is 17.1 Å². The van der Waals surface area contributed by atoms with Crippen LogP contribution in [0, 0.1) is 0 Å². The number of amides is 1. The zero-order chi connectivity index (χ0) is 12.4. The summed E-state index contributed by atoms with van der Waals surface area (Å²) >= 11 is 0. The van der Waals surface area contributed by atoms with E-state index >= 15 is 0 Å².